The van der Waals surface area contributed by atoms with Gasteiger partial charge in [-0.3, -0.25) is 29.9 Å². The van der Waals surface area contributed by atoms with Crippen LogP contribution < -0.4 is 0 Å². The van der Waals surface area contributed by atoms with E-state index in [2.05, 4.69) is 316 Å². The fourth-order valence-electron chi connectivity index (χ4n) is 17.2. The van der Waals surface area contributed by atoms with Crippen molar-refractivity contribution >= 4 is 98.5 Å². The third-order valence-corrected chi connectivity index (χ3v) is 23.0. The van der Waals surface area contributed by atoms with Crippen molar-refractivity contribution in [3.05, 3.63) is 402 Å². The average Bonchev–Trinajstić information content (AvgIpc) is 1.59. The monoisotopic (exact) mass is 2160 g/mol. The molecule has 0 unspecified atom stereocenters. The van der Waals surface area contributed by atoms with Gasteiger partial charge < -0.3 is 42.4 Å². The van der Waals surface area contributed by atoms with Crippen LogP contribution >= 0.6 is 0 Å². The topological polar surface area (TPSA) is 146 Å². The molecular weight excluding hydrogens is 2090 g/mol. The number of pyridine rings is 6. The second kappa shape index (κ2) is 34.6. The zero-order valence-corrected chi connectivity index (χ0v) is 74.6. The molecule has 0 N–H and O–H groups in total. The SMILES string of the molecule is Cn1c(-c2[c-]c3c(cc2)c2ccccc2n3-c2[c-]c(-c3cc(-c4cccnc4)ccn3)ccc2)nc2ccccc21.Cn1c(-c2[c-]c3c(cc2)c2ccccc2n3-c2[c-]c(-c3ccccn3)c(-c3cccnc3)cc2)nc2ccccc21.Cn1c(-c2[c-]c3c(cc2)c2ccccc2n3-c2[c-]c(-c3ncccc3-c3cccnc3)ccc2)nc2ccccc21.[Pt+2].[Pt+2].[Pt+2]. The van der Waals surface area contributed by atoms with Crippen LogP contribution in [0.1, 0.15) is 0 Å². The standard InChI is InChI=1S/3C36H23N5.3Pt/c1-40-33-16-5-3-14-31(33)39-36(40)25-17-18-30-29-12-2-4-15-32(29)41(34(30)22-25)27-11-6-9-24(21-27)35-28(13-8-20-38-35)26-10-7-19-37-23-26;1-40-34-14-5-3-12-31(34)39-36(40)26-15-16-30-29-11-2-4-13-33(29)41(35(30)22-26)28-10-6-8-25(20-28)32-21-24(17-19-38-32)27-9-7-18-37-23-27;1-40-34-14-5-3-12-32(34)39-36(40)24-15-17-29-28-10-2-4-13-33(28)41(35(29)21-24)26-16-18-27(25-9-8-19-37-23-25)30(22-26)31-11-6-7-20-38-31;;;/h2-20,23H,1H3;2-19,21,23H,1H3;2-20,23H,1H3;;;/q3*-2;3*+2. The number of nitrogens with zero attached hydrogens (tertiary/aromatic N) is 15. The number of imidazole rings is 3. The maximum absolute atomic E-state index is 4.95. The van der Waals surface area contributed by atoms with E-state index < -0.39 is 0 Å². The van der Waals surface area contributed by atoms with Gasteiger partial charge in [0.05, 0.1) is 50.6 Å². The molecule has 0 saturated heterocycles. The van der Waals surface area contributed by atoms with E-state index in [0.717, 1.165) is 201 Å². The molecule has 15 nitrogen and oxygen atoms in total. The van der Waals surface area contributed by atoms with Crippen LogP contribution in [0.2, 0.25) is 0 Å². The maximum Gasteiger partial charge on any atom is 2.00 e. The van der Waals surface area contributed by atoms with E-state index in [9.17, 15) is 0 Å². The molecule has 18 heteroatoms. The molecule has 0 radical (unpaired) electrons. The summed E-state index contributed by atoms with van der Waals surface area (Å²) in [4.78, 5) is 41.9. The Kier molecular flexibility index (Phi) is 22.3. The molecule has 0 saturated carbocycles. The van der Waals surface area contributed by atoms with Crippen molar-refractivity contribution in [1.29, 1.82) is 0 Å². The summed E-state index contributed by atoms with van der Waals surface area (Å²) in [6, 6.07) is 128. The molecule has 0 bridgehead atoms. The number of para-hydroxylation sites is 9. The first kappa shape index (κ1) is 81.1. The molecule has 12 aromatic carbocycles. The van der Waals surface area contributed by atoms with Crippen molar-refractivity contribution in [2.75, 3.05) is 0 Å². The number of rotatable bonds is 12. The largest absolute Gasteiger partial charge is 2.00 e. The van der Waals surface area contributed by atoms with Gasteiger partial charge in [-0.2, -0.15) is 0 Å². The predicted molar refractivity (Wildman–Crippen MR) is 494 cm³/mol. The number of hydrogen-bond acceptors (Lipinski definition) is 9. The Hall–Kier alpha value is -14.6. The summed E-state index contributed by atoms with van der Waals surface area (Å²) >= 11 is 0. The molecule has 12 aromatic heterocycles. The quantitative estimate of drug-likeness (QED) is 0.109. The van der Waals surface area contributed by atoms with Gasteiger partial charge in [0.25, 0.3) is 0 Å². The van der Waals surface area contributed by atoms with Crippen LogP contribution in [-0.2, 0) is 84.3 Å². The third-order valence-electron chi connectivity index (χ3n) is 23.0. The Bertz CT molecular complexity index is 8200. The van der Waals surface area contributed by atoms with Crippen molar-refractivity contribution in [3.8, 4) is 118 Å². The molecule has 24 rings (SSSR count). The van der Waals surface area contributed by atoms with Crippen LogP contribution in [0.4, 0.5) is 0 Å². The van der Waals surface area contributed by atoms with Crippen LogP contribution in [0.15, 0.2) is 365 Å². The normalized spacial score (nSPS) is 11.3. The van der Waals surface area contributed by atoms with Crippen LogP contribution in [-0.4, -0.2) is 72.3 Å². The van der Waals surface area contributed by atoms with Crippen LogP contribution in [0.3, 0.4) is 0 Å². The second-order valence-electron chi connectivity index (χ2n) is 30.2. The van der Waals surface area contributed by atoms with Gasteiger partial charge in [-0.05, 0) is 186 Å². The molecule has 0 spiro atoms. The molecule has 0 aliphatic carbocycles. The minimum atomic E-state index is 0. The van der Waals surface area contributed by atoms with Crippen molar-refractivity contribution in [2.45, 2.75) is 0 Å². The van der Waals surface area contributed by atoms with Gasteiger partial charge in [0.1, 0.15) is 0 Å². The summed E-state index contributed by atoms with van der Waals surface area (Å²) in [5.41, 5.74) is 29.6. The van der Waals surface area contributed by atoms with Crippen LogP contribution in [0.25, 0.3) is 217 Å². The van der Waals surface area contributed by atoms with Crippen LogP contribution in [0, 0.1) is 36.4 Å². The first-order valence-corrected chi connectivity index (χ1v) is 40.6. The smallest absolute Gasteiger partial charge is 0.367 e. The van der Waals surface area contributed by atoms with E-state index in [-0.39, 0.29) is 63.2 Å². The molecule has 0 aliphatic rings. The van der Waals surface area contributed by atoms with Gasteiger partial charge in [-0.25, -0.2) is 0 Å². The van der Waals surface area contributed by atoms with Crippen molar-refractivity contribution < 1.29 is 63.2 Å². The van der Waals surface area contributed by atoms with E-state index in [1.807, 2.05) is 140 Å². The fourth-order valence-corrected chi connectivity index (χ4v) is 17.2. The van der Waals surface area contributed by atoms with Gasteiger partial charge in [0.2, 0.25) is 0 Å². The molecule has 12 heterocycles. The Balaban J connectivity index is 0.000000122. The number of fused-ring (bicyclic) bond motifs is 12. The minimum Gasteiger partial charge on any atom is -0.367 e. The molecule has 0 fully saturated rings. The van der Waals surface area contributed by atoms with Gasteiger partial charge >= 0.3 is 63.2 Å². The second-order valence-corrected chi connectivity index (χ2v) is 30.2. The minimum absolute atomic E-state index is 0. The zero-order valence-electron chi connectivity index (χ0n) is 67.8. The molecule has 24 aromatic rings. The molecule has 126 heavy (non-hydrogen) atoms. The van der Waals surface area contributed by atoms with E-state index >= 15 is 0 Å². The van der Waals surface area contributed by atoms with E-state index in [1.54, 1.807) is 18.6 Å². The first-order valence-electron chi connectivity index (χ1n) is 40.6. The molecule has 0 atom stereocenters. The Morgan fingerprint density at radius 1 is 0.246 bits per heavy atom. The van der Waals surface area contributed by atoms with Gasteiger partial charge in [0, 0.05) is 93.5 Å². The van der Waals surface area contributed by atoms with E-state index in [1.165, 1.54) is 16.2 Å². The molecule has 606 valence electrons. The van der Waals surface area contributed by atoms with Crippen molar-refractivity contribution in [3.63, 3.8) is 0 Å². The van der Waals surface area contributed by atoms with Crippen molar-refractivity contribution in [2.24, 2.45) is 21.1 Å². The summed E-state index contributed by atoms with van der Waals surface area (Å²) in [6.45, 7) is 0. The molecular formula is C108H69N15Pt3. The Labute approximate surface area is 768 Å². The Morgan fingerprint density at radius 2 is 0.651 bits per heavy atom. The Morgan fingerprint density at radius 3 is 1.11 bits per heavy atom. The predicted octanol–water partition coefficient (Wildman–Crippen LogP) is 24.2. The van der Waals surface area contributed by atoms with E-state index in [0.29, 0.717) is 0 Å². The number of aryl methyl sites for hydroxylation is 3. The van der Waals surface area contributed by atoms with E-state index in [4.69, 9.17) is 19.9 Å². The first-order chi connectivity index (χ1) is 60.8. The number of benzene rings is 12. The zero-order chi connectivity index (χ0) is 82.0. The summed E-state index contributed by atoms with van der Waals surface area (Å²) < 4.78 is 13.1. The average molecular weight is 2160 g/mol. The van der Waals surface area contributed by atoms with Gasteiger partial charge in [-0.15, -0.1) is 155 Å². The summed E-state index contributed by atoms with van der Waals surface area (Å²) in [6.07, 6.45) is 16.5. The summed E-state index contributed by atoms with van der Waals surface area (Å²) in [7, 11) is 6.17. The maximum atomic E-state index is 4.95. The molecule has 0 aliphatic heterocycles. The van der Waals surface area contributed by atoms with Crippen LogP contribution in [0.5, 0.6) is 0 Å². The number of aromatic nitrogens is 15. The van der Waals surface area contributed by atoms with Gasteiger partial charge in [-0.1, -0.05) is 155 Å². The molecule has 0 amide bonds. The fraction of sp³-hybridized carbons (Fsp3) is 0.0278. The third kappa shape index (κ3) is 14.6. The summed E-state index contributed by atoms with van der Waals surface area (Å²) in [5, 5.41) is 6.91. The van der Waals surface area contributed by atoms with Crippen molar-refractivity contribution in [1.82, 2.24) is 72.3 Å². The summed E-state index contributed by atoms with van der Waals surface area (Å²) in [5.74, 6) is 2.66. The number of hydrogen-bond donors (Lipinski definition) is 0. The van der Waals surface area contributed by atoms with Gasteiger partial charge in [0.15, 0.2) is 0 Å².